The van der Waals surface area contributed by atoms with Crippen LogP contribution in [0, 0.1) is 0 Å². The minimum atomic E-state index is -3.15. The maximum atomic E-state index is 12.2. The van der Waals surface area contributed by atoms with Gasteiger partial charge in [0.25, 0.3) is 0 Å². The summed E-state index contributed by atoms with van der Waals surface area (Å²) in [6.45, 7) is 6.22. The van der Waals surface area contributed by atoms with Crippen LogP contribution < -0.4 is 5.73 Å². The molecule has 0 bridgehead atoms. The molecule has 1 amide bonds. The van der Waals surface area contributed by atoms with E-state index in [0.717, 1.165) is 0 Å². The van der Waals surface area contributed by atoms with Crippen LogP contribution in [0.15, 0.2) is 0 Å². The Labute approximate surface area is 120 Å². The van der Waals surface area contributed by atoms with Crippen LogP contribution in [0.4, 0.5) is 4.79 Å². The first-order valence-corrected chi connectivity index (χ1v) is 8.68. The quantitative estimate of drug-likeness (QED) is 0.718. The molecule has 7 heteroatoms. The van der Waals surface area contributed by atoms with E-state index in [4.69, 9.17) is 10.5 Å². The van der Waals surface area contributed by atoms with E-state index in [1.54, 1.807) is 4.90 Å². The SMILES string of the molecule is CC(C)(C)OC(=O)N1CCC2(CC1)C(N)CCS2(=O)=O. The highest BCUT2D eigenvalue weighted by atomic mass is 32.2. The van der Waals surface area contributed by atoms with E-state index in [-0.39, 0.29) is 17.9 Å². The Morgan fingerprint density at radius 1 is 1.30 bits per heavy atom. The number of rotatable bonds is 0. The van der Waals surface area contributed by atoms with E-state index in [1.165, 1.54) is 0 Å². The molecule has 2 saturated heterocycles. The Kier molecular flexibility index (Phi) is 3.79. The van der Waals surface area contributed by atoms with Crippen molar-refractivity contribution in [3.05, 3.63) is 0 Å². The van der Waals surface area contributed by atoms with Crippen LogP contribution in [0.5, 0.6) is 0 Å². The van der Waals surface area contributed by atoms with Crippen molar-refractivity contribution < 1.29 is 17.9 Å². The van der Waals surface area contributed by atoms with Crippen LogP contribution in [0.2, 0.25) is 0 Å². The molecule has 2 aliphatic rings. The molecule has 0 aromatic heterocycles. The van der Waals surface area contributed by atoms with Gasteiger partial charge >= 0.3 is 6.09 Å². The lowest BCUT2D eigenvalue weighted by molar-refractivity contribution is 0.0189. The molecule has 2 heterocycles. The lowest BCUT2D eigenvalue weighted by Crippen LogP contribution is -2.56. The van der Waals surface area contributed by atoms with Gasteiger partial charge in [0.15, 0.2) is 9.84 Å². The summed E-state index contributed by atoms with van der Waals surface area (Å²) in [6.07, 6.45) is 0.969. The molecule has 0 radical (unpaired) electrons. The number of piperidine rings is 1. The second kappa shape index (κ2) is 4.87. The molecule has 0 aromatic carbocycles. The van der Waals surface area contributed by atoms with Crippen molar-refractivity contribution in [2.24, 2.45) is 5.73 Å². The Morgan fingerprint density at radius 2 is 1.85 bits per heavy atom. The molecule has 6 nitrogen and oxygen atoms in total. The highest BCUT2D eigenvalue weighted by Gasteiger charge is 2.54. The van der Waals surface area contributed by atoms with Crippen molar-refractivity contribution in [3.63, 3.8) is 0 Å². The Balaban J connectivity index is 2.04. The van der Waals surface area contributed by atoms with Crippen molar-refractivity contribution in [1.29, 1.82) is 0 Å². The van der Waals surface area contributed by atoms with Crippen molar-refractivity contribution in [1.82, 2.24) is 4.90 Å². The number of ether oxygens (including phenoxy) is 1. The fourth-order valence-electron chi connectivity index (χ4n) is 3.06. The fraction of sp³-hybridized carbons (Fsp3) is 0.923. The predicted octanol–water partition coefficient (Wildman–Crippen LogP) is 0.902. The number of nitrogens with zero attached hydrogens (tertiary/aromatic N) is 1. The molecule has 2 aliphatic heterocycles. The number of carbonyl (C=O) groups excluding carboxylic acids is 1. The van der Waals surface area contributed by atoms with Gasteiger partial charge in [-0.1, -0.05) is 0 Å². The molecular formula is C13H24N2O4S. The second-order valence-electron chi connectivity index (χ2n) is 6.75. The number of likely N-dealkylation sites (tertiary alicyclic amines) is 1. The highest BCUT2D eigenvalue weighted by Crippen LogP contribution is 2.40. The van der Waals surface area contributed by atoms with Crippen LogP contribution in [0.1, 0.15) is 40.0 Å². The van der Waals surface area contributed by atoms with Gasteiger partial charge in [0.05, 0.1) is 10.5 Å². The zero-order valence-corrected chi connectivity index (χ0v) is 13.2. The summed E-state index contributed by atoms with van der Waals surface area (Å²) in [5.41, 5.74) is 5.49. The summed E-state index contributed by atoms with van der Waals surface area (Å²) in [7, 11) is -3.15. The van der Waals surface area contributed by atoms with Crippen LogP contribution in [-0.2, 0) is 14.6 Å². The zero-order chi connectivity index (χ0) is 15.2. The minimum absolute atomic E-state index is 0.167. The number of hydrogen-bond acceptors (Lipinski definition) is 5. The molecule has 1 spiro atoms. The Bertz CT molecular complexity index is 487. The van der Waals surface area contributed by atoms with Gasteiger partial charge in [-0.05, 0) is 40.0 Å². The molecule has 20 heavy (non-hydrogen) atoms. The third kappa shape index (κ3) is 2.65. The number of carbonyl (C=O) groups is 1. The standard InChI is InChI=1S/C13H24N2O4S/c1-12(2,3)19-11(16)15-7-5-13(6-8-15)10(14)4-9-20(13,17)18/h10H,4-9,14H2,1-3H3. The molecule has 1 unspecified atom stereocenters. The van der Waals surface area contributed by atoms with E-state index in [9.17, 15) is 13.2 Å². The topological polar surface area (TPSA) is 89.7 Å². The van der Waals surface area contributed by atoms with Crippen LogP contribution in [0.25, 0.3) is 0 Å². The summed E-state index contributed by atoms with van der Waals surface area (Å²) in [6, 6.07) is -0.312. The molecule has 0 saturated carbocycles. The van der Waals surface area contributed by atoms with Gasteiger partial charge in [0.2, 0.25) is 0 Å². The lowest BCUT2D eigenvalue weighted by Gasteiger charge is -2.40. The summed E-state index contributed by atoms with van der Waals surface area (Å²) >= 11 is 0. The predicted molar refractivity (Wildman–Crippen MR) is 76.2 cm³/mol. The zero-order valence-electron chi connectivity index (χ0n) is 12.4. The Morgan fingerprint density at radius 3 is 2.25 bits per heavy atom. The normalized spacial score (nSPS) is 28.6. The van der Waals surface area contributed by atoms with Gasteiger partial charge < -0.3 is 15.4 Å². The first kappa shape index (κ1) is 15.6. The number of amides is 1. The smallest absolute Gasteiger partial charge is 0.410 e. The van der Waals surface area contributed by atoms with Gasteiger partial charge in [-0.2, -0.15) is 0 Å². The van der Waals surface area contributed by atoms with Crippen LogP contribution in [0.3, 0.4) is 0 Å². The Hall–Kier alpha value is -0.820. The van der Waals surface area contributed by atoms with E-state index in [1.807, 2.05) is 20.8 Å². The number of sulfone groups is 1. The van der Waals surface area contributed by atoms with E-state index in [2.05, 4.69) is 0 Å². The summed E-state index contributed by atoms with van der Waals surface area (Å²) in [4.78, 5) is 13.6. The molecule has 0 aliphatic carbocycles. The molecule has 1 atom stereocenters. The average Bonchev–Trinajstić information content (AvgIpc) is 2.53. The van der Waals surface area contributed by atoms with Gasteiger partial charge in [0, 0.05) is 19.1 Å². The molecule has 2 rings (SSSR count). The van der Waals surface area contributed by atoms with E-state index in [0.29, 0.717) is 32.4 Å². The van der Waals surface area contributed by atoms with Gasteiger partial charge in [-0.3, -0.25) is 0 Å². The summed E-state index contributed by atoms with van der Waals surface area (Å²) in [5, 5.41) is 0. The summed E-state index contributed by atoms with van der Waals surface area (Å²) < 4.78 is 29.0. The van der Waals surface area contributed by atoms with Gasteiger partial charge in [0.1, 0.15) is 5.60 Å². The van der Waals surface area contributed by atoms with Crippen molar-refractivity contribution >= 4 is 15.9 Å². The summed E-state index contributed by atoms with van der Waals surface area (Å²) in [5.74, 6) is 0.167. The highest BCUT2D eigenvalue weighted by molar-refractivity contribution is 7.93. The molecule has 2 N–H and O–H groups in total. The lowest BCUT2D eigenvalue weighted by atomic mass is 9.88. The first-order valence-electron chi connectivity index (χ1n) is 7.03. The van der Waals surface area contributed by atoms with E-state index >= 15 is 0 Å². The van der Waals surface area contributed by atoms with Crippen molar-refractivity contribution in [3.8, 4) is 0 Å². The second-order valence-corrected chi connectivity index (χ2v) is 9.20. The number of hydrogen-bond donors (Lipinski definition) is 1. The van der Waals surface area contributed by atoms with Crippen LogP contribution in [-0.4, -0.2) is 54.6 Å². The van der Waals surface area contributed by atoms with Gasteiger partial charge in [-0.15, -0.1) is 0 Å². The molecule has 0 aromatic rings. The van der Waals surface area contributed by atoms with Crippen LogP contribution >= 0.6 is 0 Å². The molecule has 116 valence electrons. The maximum absolute atomic E-state index is 12.2. The number of nitrogens with two attached hydrogens (primary N) is 1. The van der Waals surface area contributed by atoms with Crippen molar-refractivity contribution in [2.75, 3.05) is 18.8 Å². The minimum Gasteiger partial charge on any atom is -0.444 e. The monoisotopic (exact) mass is 304 g/mol. The first-order chi connectivity index (χ1) is 9.07. The van der Waals surface area contributed by atoms with Crippen molar-refractivity contribution in [2.45, 2.75) is 56.4 Å². The van der Waals surface area contributed by atoms with Gasteiger partial charge in [-0.25, -0.2) is 13.2 Å². The average molecular weight is 304 g/mol. The third-order valence-electron chi connectivity index (χ3n) is 4.25. The maximum Gasteiger partial charge on any atom is 0.410 e. The fourth-order valence-corrected chi connectivity index (χ4v) is 5.41. The van der Waals surface area contributed by atoms with E-state index < -0.39 is 20.2 Å². The molecule has 2 fully saturated rings. The largest absolute Gasteiger partial charge is 0.444 e. The third-order valence-corrected chi connectivity index (χ3v) is 6.98. The molecular weight excluding hydrogens is 280 g/mol.